The van der Waals surface area contributed by atoms with Crippen molar-refractivity contribution in [2.24, 2.45) is 11.7 Å². The van der Waals surface area contributed by atoms with E-state index in [1.165, 1.54) is 25.9 Å². The molecule has 0 aliphatic rings. The minimum atomic E-state index is 0.755. The lowest BCUT2D eigenvalue weighted by atomic mass is 10.0. The predicted octanol–water partition coefficient (Wildman–Crippen LogP) is 2.26. The third-order valence-corrected chi connectivity index (χ3v) is 2.40. The second kappa shape index (κ2) is 9.22. The second-order valence-corrected chi connectivity index (χ2v) is 4.08. The van der Waals surface area contributed by atoms with Gasteiger partial charge in [-0.25, -0.2) is 0 Å². The van der Waals surface area contributed by atoms with E-state index in [9.17, 15) is 0 Å². The molecule has 0 spiro atoms. The van der Waals surface area contributed by atoms with Crippen LogP contribution in [0.4, 0.5) is 0 Å². The van der Waals surface area contributed by atoms with Gasteiger partial charge in [0.05, 0.1) is 0 Å². The van der Waals surface area contributed by atoms with Gasteiger partial charge in [0.15, 0.2) is 0 Å². The van der Waals surface area contributed by atoms with Crippen LogP contribution in [0.5, 0.6) is 0 Å². The van der Waals surface area contributed by atoms with Gasteiger partial charge in [0, 0.05) is 13.1 Å². The van der Waals surface area contributed by atoms with Crippen molar-refractivity contribution < 1.29 is 0 Å². The first kappa shape index (κ1) is 13.7. The van der Waals surface area contributed by atoms with Gasteiger partial charge < -0.3 is 5.73 Å². The Hall–Kier alpha value is -0.340. The van der Waals surface area contributed by atoms with Gasteiger partial charge in [-0.05, 0) is 38.3 Å². The quantitative estimate of drug-likeness (QED) is 0.576. The highest BCUT2D eigenvalue weighted by molar-refractivity contribution is 4.74. The van der Waals surface area contributed by atoms with E-state index in [0.717, 1.165) is 25.4 Å². The lowest BCUT2D eigenvalue weighted by molar-refractivity contribution is 0.253. The van der Waals surface area contributed by atoms with Crippen molar-refractivity contribution in [3.63, 3.8) is 0 Å². The minimum Gasteiger partial charge on any atom is -0.330 e. The van der Waals surface area contributed by atoms with Crippen LogP contribution < -0.4 is 5.73 Å². The molecule has 0 heterocycles. The molecule has 0 bridgehead atoms. The summed E-state index contributed by atoms with van der Waals surface area (Å²) in [4.78, 5) is 2.47. The average molecular weight is 198 g/mol. The Morgan fingerprint density at radius 3 is 2.71 bits per heavy atom. The molecule has 1 atom stereocenters. The fraction of sp³-hybridized carbons (Fsp3) is 0.833. The first-order valence-electron chi connectivity index (χ1n) is 5.77. The second-order valence-electron chi connectivity index (χ2n) is 4.08. The number of hydrogen-bond donors (Lipinski definition) is 1. The summed E-state index contributed by atoms with van der Waals surface area (Å²) in [7, 11) is 0. The van der Waals surface area contributed by atoms with Crippen LogP contribution in [0.25, 0.3) is 0 Å². The molecular formula is C12H26N2. The van der Waals surface area contributed by atoms with Gasteiger partial charge >= 0.3 is 0 Å². The fourth-order valence-corrected chi connectivity index (χ4v) is 1.75. The minimum absolute atomic E-state index is 0.755. The molecule has 0 saturated carbocycles. The van der Waals surface area contributed by atoms with Crippen LogP contribution in [0.15, 0.2) is 12.7 Å². The van der Waals surface area contributed by atoms with Crippen LogP contribution in [0.2, 0.25) is 0 Å². The number of hydrogen-bond acceptors (Lipinski definition) is 2. The predicted molar refractivity (Wildman–Crippen MR) is 64.4 cm³/mol. The van der Waals surface area contributed by atoms with E-state index in [-0.39, 0.29) is 0 Å². The Bertz CT molecular complexity index is 134. The standard InChI is InChI=1S/C12H26N2/c1-4-9-14(10-5-2)11-12(3)7-6-8-13/h4,12H,1,5-11,13H2,2-3H3. The van der Waals surface area contributed by atoms with Crippen LogP contribution >= 0.6 is 0 Å². The summed E-state index contributed by atoms with van der Waals surface area (Å²) in [5.74, 6) is 0.755. The van der Waals surface area contributed by atoms with E-state index in [4.69, 9.17) is 5.73 Å². The van der Waals surface area contributed by atoms with E-state index in [1.54, 1.807) is 0 Å². The summed E-state index contributed by atoms with van der Waals surface area (Å²) in [6, 6.07) is 0. The third-order valence-electron chi connectivity index (χ3n) is 2.40. The molecule has 84 valence electrons. The molecule has 0 aromatic rings. The molecule has 0 aromatic heterocycles. The van der Waals surface area contributed by atoms with Gasteiger partial charge in [-0.15, -0.1) is 6.58 Å². The van der Waals surface area contributed by atoms with Crippen LogP contribution in [-0.4, -0.2) is 31.1 Å². The first-order valence-corrected chi connectivity index (χ1v) is 5.77. The normalized spacial score (nSPS) is 13.1. The molecule has 0 aliphatic heterocycles. The Morgan fingerprint density at radius 1 is 1.50 bits per heavy atom. The molecule has 2 heteroatoms. The molecule has 2 N–H and O–H groups in total. The lowest BCUT2D eigenvalue weighted by Gasteiger charge is -2.23. The van der Waals surface area contributed by atoms with E-state index in [0.29, 0.717) is 0 Å². The Morgan fingerprint density at radius 2 is 2.21 bits per heavy atom. The summed E-state index contributed by atoms with van der Waals surface area (Å²) in [5.41, 5.74) is 5.50. The fourth-order valence-electron chi connectivity index (χ4n) is 1.75. The number of rotatable bonds is 9. The summed E-state index contributed by atoms with van der Waals surface area (Å²) in [6.07, 6.45) is 5.60. The van der Waals surface area contributed by atoms with E-state index < -0.39 is 0 Å². The number of nitrogens with zero attached hydrogens (tertiary/aromatic N) is 1. The molecule has 1 unspecified atom stereocenters. The van der Waals surface area contributed by atoms with Gasteiger partial charge in [0.1, 0.15) is 0 Å². The molecule has 0 fully saturated rings. The van der Waals surface area contributed by atoms with Crippen molar-refractivity contribution in [3.8, 4) is 0 Å². The lowest BCUT2D eigenvalue weighted by Crippen LogP contribution is -2.29. The highest BCUT2D eigenvalue weighted by Gasteiger charge is 2.07. The van der Waals surface area contributed by atoms with Gasteiger partial charge in [0.2, 0.25) is 0 Å². The van der Waals surface area contributed by atoms with Crippen LogP contribution in [0.3, 0.4) is 0 Å². The van der Waals surface area contributed by atoms with Crippen molar-refractivity contribution in [2.75, 3.05) is 26.2 Å². The first-order chi connectivity index (χ1) is 6.74. The van der Waals surface area contributed by atoms with E-state index in [2.05, 4.69) is 25.3 Å². The maximum absolute atomic E-state index is 5.50. The Kier molecular flexibility index (Phi) is 9.00. The molecular weight excluding hydrogens is 172 g/mol. The smallest absolute Gasteiger partial charge is 0.0160 e. The molecule has 0 amide bonds. The van der Waals surface area contributed by atoms with Crippen molar-refractivity contribution in [3.05, 3.63) is 12.7 Å². The summed E-state index contributed by atoms with van der Waals surface area (Å²) in [6.45, 7) is 12.5. The molecule has 14 heavy (non-hydrogen) atoms. The van der Waals surface area contributed by atoms with Crippen LogP contribution in [-0.2, 0) is 0 Å². The van der Waals surface area contributed by atoms with Gasteiger partial charge in [-0.2, -0.15) is 0 Å². The van der Waals surface area contributed by atoms with Crippen LogP contribution in [0, 0.1) is 5.92 Å². The average Bonchev–Trinajstić information content (AvgIpc) is 2.15. The highest BCUT2D eigenvalue weighted by Crippen LogP contribution is 2.07. The van der Waals surface area contributed by atoms with Crippen molar-refractivity contribution in [1.82, 2.24) is 4.90 Å². The Labute approximate surface area is 89.2 Å². The van der Waals surface area contributed by atoms with E-state index >= 15 is 0 Å². The van der Waals surface area contributed by atoms with Crippen molar-refractivity contribution >= 4 is 0 Å². The molecule has 2 nitrogen and oxygen atoms in total. The molecule has 0 aromatic carbocycles. The topological polar surface area (TPSA) is 29.3 Å². The molecule has 0 saturated heterocycles. The maximum Gasteiger partial charge on any atom is 0.0160 e. The molecule has 0 aliphatic carbocycles. The molecule has 0 rings (SSSR count). The van der Waals surface area contributed by atoms with Gasteiger partial charge in [-0.3, -0.25) is 4.90 Å². The van der Waals surface area contributed by atoms with Crippen molar-refractivity contribution in [1.29, 1.82) is 0 Å². The zero-order chi connectivity index (χ0) is 10.8. The van der Waals surface area contributed by atoms with Gasteiger partial charge in [0.25, 0.3) is 0 Å². The monoisotopic (exact) mass is 198 g/mol. The van der Waals surface area contributed by atoms with Crippen LogP contribution in [0.1, 0.15) is 33.1 Å². The SMILES string of the molecule is C=CCN(CCC)CC(C)CCCN. The van der Waals surface area contributed by atoms with Crippen molar-refractivity contribution in [2.45, 2.75) is 33.1 Å². The summed E-state index contributed by atoms with van der Waals surface area (Å²) < 4.78 is 0. The highest BCUT2D eigenvalue weighted by atomic mass is 15.1. The molecule has 0 radical (unpaired) electrons. The zero-order valence-electron chi connectivity index (χ0n) is 9.84. The largest absolute Gasteiger partial charge is 0.330 e. The Balaban J connectivity index is 3.70. The summed E-state index contributed by atoms with van der Waals surface area (Å²) >= 11 is 0. The zero-order valence-corrected chi connectivity index (χ0v) is 9.84. The van der Waals surface area contributed by atoms with Gasteiger partial charge in [-0.1, -0.05) is 19.9 Å². The van der Waals surface area contributed by atoms with E-state index in [1.807, 2.05) is 6.08 Å². The third kappa shape index (κ3) is 7.10. The maximum atomic E-state index is 5.50. The number of nitrogens with two attached hydrogens (primary N) is 1. The summed E-state index contributed by atoms with van der Waals surface area (Å²) in [5, 5.41) is 0.